The van der Waals surface area contributed by atoms with Gasteiger partial charge in [-0.15, -0.1) is 0 Å². The van der Waals surface area contributed by atoms with Gasteiger partial charge in [-0.2, -0.15) is 5.10 Å². The minimum absolute atomic E-state index is 1.03. The highest BCUT2D eigenvalue weighted by Crippen LogP contribution is 2.39. The van der Waals surface area contributed by atoms with Crippen LogP contribution in [-0.2, 0) is 66.3 Å². The van der Waals surface area contributed by atoms with Crippen molar-refractivity contribution in [1.29, 1.82) is 0 Å². The third-order valence-corrected chi connectivity index (χ3v) is 15.0. The number of ether oxygens (including phenoxy) is 14. The number of nitrogens with zero attached hydrogens (tertiary/aromatic N) is 2. The van der Waals surface area contributed by atoms with Crippen LogP contribution >= 0.6 is 0 Å². The average molecular weight is 1180 g/mol. The molecule has 14 bridgehead atoms. The molecule has 0 aliphatic carbocycles. The monoisotopic (exact) mass is 1170 g/mol. The first-order valence-corrected chi connectivity index (χ1v) is 25.6. The van der Waals surface area contributed by atoms with E-state index in [1.165, 1.54) is 19.1 Å². The lowest BCUT2D eigenvalue weighted by molar-refractivity contribution is -0.396. The summed E-state index contributed by atoms with van der Waals surface area (Å²) >= 11 is 0. The number of aliphatic hydroxyl groups is 20. The molecule has 21 rings (SSSR count). The standard InChI is InChI=1S/C44H74N2O34/c1-46(2)45-3-10-31-17(53)24(60)38(67-10)75-32-11(4-47)69-40(26(62)19(32)55)77-34-13(6-49)71-42(28(64)21(34)57)79-36-15(8-51)73-44(30(66)23(36)59)80-37-16(9-52)72-43(29(65)22(37)58)78-35-14(7-50)70-41(27(63)20(35)56)76-33-12(5-48)68-39(74-31)25(61)18(33)54/h3,10-44,47-66H,4-9H2,1-2H3/b45-3+/t10-,11-,12-,13-,14-,15-,16-,17-,18-,19-,20-,21-,22-,23-,24-,25-,26-,27-,28-,29-,30-,31-,32-,33-,34-,35-,36-,37-,38-,39-,40-,41-,42-,43-,44-/m1/s1. The van der Waals surface area contributed by atoms with Crippen molar-refractivity contribution < 1.29 is 168 Å². The normalized spacial score (nSPS) is 53.8. The maximum Gasteiger partial charge on any atom is 0.187 e. The van der Waals surface area contributed by atoms with Crippen LogP contribution in [0.15, 0.2) is 5.10 Å². The number of hydrogen-bond donors (Lipinski definition) is 20. The van der Waals surface area contributed by atoms with Crippen molar-refractivity contribution in [2.24, 2.45) is 5.10 Å². The van der Waals surface area contributed by atoms with Crippen molar-refractivity contribution in [3.8, 4) is 0 Å². The van der Waals surface area contributed by atoms with Crippen molar-refractivity contribution in [1.82, 2.24) is 5.01 Å². The molecule has 21 fully saturated rings. The van der Waals surface area contributed by atoms with Gasteiger partial charge in [0, 0.05) is 14.1 Å². The Hall–Kier alpha value is -1.89. The number of hydrazone groups is 1. The molecular formula is C44H74N2O34. The van der Waals surface area contributed by atoms with Gasteiger partial charge >= 0.3 is 0 Å². The molecule has 0 aromatic heterocycles. The number of hydrogen-bond acceptors (Lipinski definition) is 36. The van der Waals surface area contributed by atoms with Crippen LogP contribution in [0.1, 0.15) is 0 Å². The third kappa shape index (κ3) is 12.8. The summed E-state index contributed by atoms with van der Waals surface area (Å²) in [5, 5.41) is 227. The van der Waals surface area contributed by atoms with Gasteiger partial charge in [-0.1, -0.05) is 0 Å². The molecule has 0 radical (unpaired) electrons. The highest BCUT2D eigenvalue weighted by Gasteiger charge is 2.59. The largest absolute Gasteiger partial charge is 0.394 e. The molecule has 0 aromatic carbocycles. The Bertz CT molecular complexity index is 1940. The first kappa shape index (κ1) is 64.1. The van der Waals surface area contributed by atoms with Crippen LogP contribution in [0.4, 0.5) is 0 Å². The van der Waals surface area contributed by atoms with Gasteiger partial charge in [-0.05, 0) is 0 Å². The summed E-state index contributed by atoms with van der Waals surface area (Å²) in [6.07, 6.45) is -68.7. The molecule has 21 saturated heterocycles. The zero-order chi connectivity index (χ0) is 58.3. The highest BCUT2D eigenvalue weighted by molar-refractivity contribution is 5.64. The Kier molecular flexibility index (Phi) is 21.8. The molecule has 0 spiro atoms. The molecule has 20 N–H and O–H groups in total. The van der Waals surface area contributed by atoms with Gasteiger partial charge in [0.15, 0.2) is 44.0 Å². The van der Waals surface area contributed by atoms with Crippen LogP contribution < -0.4 is 0 Å². The molecule has 21 aliphatic rings. The second-order valence-corrected chi connectivity index (χ2v) is 20.5. The predicted octanol–water partition coefficient (Wildman–Crippen LogP) is -14.7. The number of aliphatic hydroxyl groups excluding tert-OH is 20. The Morgan fingerprint density at radius 1 is 0.263 bits per heavy atom. The fraction of sp³-hybridized carbons (Fsp3) is 0.977. The van der Waals surface area contributed by atoms with E-state index >= 15 is 0 Å². The Morgan fingerprint density at radius 2 is 0.438 bits per heavy atom. The molecule has 464 valence electrons. The maximum absolute atomic E-state index is 11.6. The summed E-state index contributed by atoms with van der Waals surface area (Å²) in [5.74, 6) is 0. The molecule has 0 unspecified atom stereocenters. The van der Waals surface area contributed by atoms with Crippen LogP contribution in [0.2, 0.25) is 0 Å². The summed E-state index contributed by atoms with van der Waals surface area (Å²) in [7, 11) is 2.96. The topological polar surface area (TPSA) is 549 Å². The SMILES string of the molecule is CN(C)/N=C/[C@H]1O[C@@H]2O[C@H]3[C@H](O)[C@@H](O)[C@@H](O[C@H]4[C@H](O)[C@@H](O)[C@@H](O[C@H]5[C@H](O)[C@@H](O)[C@@H](O[C@H]6[C@H](O)[C@@H](O)[C@@H](O[C@H]7[C@H](O)[C@@H](O)[C@@H](O[C@H]8[C@H](O)[C@@H](O)[C@@H](O[C@H]1[C@H](O)[C@H]2O)O[C@@H]8CO)O[C@@H]7CO)O[C@@H]6CO)O[C@@H]5CO)O[C@@H]4CO)O[C@@H]3CO. The van der Waals surface area contributed by atoms with Crippen molar-refractivity contribution in [3.05, 3.63) is 0 Å². The molecule has 0 aromatic rings. The van der Waals surface area contributed by atoms with E-state index in [2.05, 4.69) is 5.10 Å². The van der Waals surface area contributed by atoms with Crippen LogP contribution in [0.25, 0.3) is 0 Å². The van der Waals surface area contributed by atoms with E-state index in [1.807, 2.05) is 0 Å². The molecule has 35 atom stereocenters. The zero-order valence-corrected chi connectivity index (χ0v) is 42.6. The van der Waals surface area contributed by atoms with Gasteiger partial charge in [0.25, 0.3) is 0 Å². The van der Waals surface area contributed by atoms with Crippen molar-refractivity contribution in [3.63, 3.8) is 0 Å². The zero-order valence-electron chi connectivity index (χ0n) is 42.6. The van der Waals surface area contributed by atoms with E-state index in [0.29, 0.717) is 0 Å². The van der Waals surface area contributed by atoms with Crippen LogP contribution in [0.5, 0.6) is 0 Å². The first-order chi connectivity index (χ1) is 38.0. The van der Waals surface area contributed by atoms with Gasteiger partial charge in [-0.25, -0.2) is 0 Å². The van der Waals surface area contributed by atoms with Crippen molar-refractivity contribution in [2.45, 2.75) is 215 Å². The lowest BCUT2D eigenvalue weighted by Crippen LogP contribution is -2.68. The summed E-state index contributed by atoms with van der Waals surface area (Å²) in [6, 6.07) is 0. The molecule has 36 heteroatoms. The van der Waals surface area contributed by atoms with E-state index < -0.39 is 255 Å². The average Bonchev–Trinajstić information content (AvgIpc) is 3.54. The molecule has 21 heterocycles. The van der Waals surface area contributed by atoms with Gasteiger partial charge in [0.1, 0.15) is 171 Å². The minimum Gasteiger partial charge on any atom is -0.394 e. The Balaban J connectivity index is 1.09. The minimum atomic E-state index is -2.21. The van der Waals surface area contributed by atoms with Crippen LogP contribution in [0.3, 0.4) is 0 Å². The smallest absolute Gasteiger partial charge is 0.187 e. The third-order valence-electron chi connectivity index (χ3n) is 15.0. The van der Waals surface area contributed by atoms with Crippen molar-refractivity contribution >= 4 is 6.21 Å². The van der Waals surface area contributed by atoms with Crippen LogP contribution in [0, 0.1) is 0 Å². The van der Waals surface area contributed by atoms with Crippen molar-refractivity contribution in [2.75, 3.05) is 53.7 Å². The fourth-order valence-corrected chi connectivity index (χ4v) is 10.5. The Labute approximate surface area is 452 Å². The molecule has 21 aliphatic heterocycles. The second-order valence-electron chi connectivity index (χ2n) is 20.5. The van der Waals surface area contributed by atoms with E-state index in [1.54, 1.807) is 0 Å². The number of rotatable bonds is 8. The first-order valence-electron chi connectivity index (χ1n) is 25.6. The lowest BCUT2D eigenvalue weighted by atomic mass is 9.95. The van der Waals surface area contributed by atoms with E-state index in [0.717, 1.165) is 6.21 Å². The lowest BCUT2D eigenvalue weighted by Gasteiger charge is -2.50. The quantitative estimate of drug-likeness (QED) is 0.0793. The second kappa shape index (κ2) is 27.2. The molecular weight excluding hydrogens is 1100 g/mol. The van der Waals surface area contributed by atoms with Gasteiger partial charge in [0.05, 0.1) is 45.9 Å². The fourth-order valence-electron chi connectivity index (χ4n) is 10.5. The van der Waals surface area contributed by atoms with Gasteiger partial charge < -0.3 is 173 Å². The Morgan fingerprint density at radius 3 is 0.625 bits per heavy atom. The molecule has 80 heavy (non-hydrogen) atoms. The summed E-state index contributed by atoms with van der Waals surface area (Å²) in [4.78, 5) is 0. The summed E-state index contributed by atoms with van der Waals surface area (Å²) < 4.78 is 80.5. The van der Waals surface area contributed by atoms with Gasteiger partial charge in [-0.3, -0.25) is 0 Å². The van der Waals surface area contributed by atoms with Gasteiger partial charge in [0.2, 0.25) is 0 Å². The summed E-state index contributed by atoms with van der Waals surface area (Å²) in [5.41, 5.74) is 0. The van der Waals surface area contributed by atoms with E-state index in [-0.39, 0.29) is 0 Å². The highest BCUT2D eigenvalue weighted by atomic mass is 16.8. The van der Waals surface area contributed by atoms with Crippen LogP contribution in [-0.4, -0.2) is 382 Å². The molecule has 0 amide bonds. The predicted molar refractivity (Wildman–Crippen MR) is 244 cm³/mol. The maximum atomic E-state index is 11.6. The van der Waals surface area contributed by atoms with E-state index in [4.69, 9.17) is 66.3 Å². The molecule has 0 saturated carbocycles. The van der Waals surface area contributed by atoms with E-state index in [9.17, 15) is 102 Å². The molecule has 36 nitrogen and oxygen atoms in total. The summed E-state index contributed by atoms with van der Waals surface area (Å²) in [6.45, 7) is -6.23.